The van der Waals surface area contributed by atoms with Crippen LogP contribution in [0.1, 0.15) is 52.9 Å². The average Bonchev–Trinajstić information content (AvgIpc) is 3.70. The number of aliphatic carboxylic acids is 2. The number of piperidine rings is 1. The van der Waals surface area contributed by atoms with Crippen molar-refractivity contribution < 1.29 is 56.8 Å². The maximum atomic E-state index is 14.5. The predicted molar refractivity (Wildman–Crippen MR) is 202 cm³/mol. The third-order valence-electron chi connectivity index (χ3n) is 10.5. The fraction of sp³-hybridized carbons (Fsp3) is 0.381. The number of halogens is 5. The number of carboxylic acid groups (broad SMARTS) is 2. The Morgan fingerprint density at radius 3 is 2.00 bits per heavy atom. The van der Waals surface area contributed by atoms with E-state index in [0.717, 1.165) is 67.4 Å². The van der Waals surface area contributed by atoms with Crippen LogP contribution >= 0.6 is 0 Å². The van der Waals surface area contributed by atoms with Crippen molar-refractivity contribution in [2.75, 3.05) is 20.1 Å². The van der Waals surface area contributed by atoms with E-state index < -0.39 is 47.5 Å². The van der Waals surface area contributed by atoms with Crippen LogP contribution in [-0.2, 0) is 59.3 Å². The highest BCUT2D eigenvalue weighted by atomic mass is 19.4. The monoisotopic (exact) mass is 813 g/mol. The second-order valence-corrected chi connectivity index (χ2v) is 14.5. The van der Waals surface area contributed by atoms with Crippen molar-refractivity contribution in [3.63, 3.8) is 0 Å². The number of pyridine rings is 1. The van der Waals surface area contributed by atoms with Gasteiger partial charge in [0, 0.05) is 35.6 Å². The van der Waals surface area contributed by atoms with Crippen LogP contribution in [0.5, 0.6) is 0 Å². The number of carbonyl (C=O) groups is 3. The number of alkyl halides is 3. The number of nitrogens with zero attached hydrogens (tertiary/aromatic N) is 3. The normalized spacial score (nSPS) is 15.5. The van der Waals surface area contributed by atoms with Crippen LogP contribution in [-0.4, -0.2) is 91.0 Å². The summed E-state index contributed by atoms with van der Waals surface area (Å²) in [5.74, 6) is -5.45. The Hall–Kier alpha value is -5.45. The van der Waals surface area contributed by atoms with Gasteiger partial charge in [-0.2, -0.15) is 13.2 Å². The van der Waals surface area contributed by atoms with Gasteiger partial charge in [-0.15, -0.1) is 0 Å². The van der Waals surface area contributed by atoms with Gasteiger partial charge in [-0.05, 0) is 106 Å². The van der Waals surface area contributed by atoms with E-state index in [1.807, 2.05) is 33.7 Å². The van der Waals surface area contributed by atoms with Crippen LogP contribution in [0, 0.1) is 11.6 Å². The molecule has 16 heteroatoms. The maximum absolute atomic E-state index is 14.5. The van der Waals surface area contributed by atoms with Crippen LogP contribution < -0.4 is 5.43 Å². The van der Waals surface area contributed by atoms with Crippen LogP contribution in [0.25, 0.3) is 11.1 Å². The highest BCUT2D eigenvalue weighted by molar-refractivity contribution is 5.83. The minimum atomic E-state index is -4.40. The molecule has 1 amide bonds. The van der Waals surface area contributed by atoms with E-state index in [2.05, 4.69) is 11.9 Å². The zero-order valence-corrected chi connectivity index (χ0v) is 31.6. The third kappa shape index (κ3) is 10.7. The number of aryl methyl sites for hydroxylation is 2. The number of aliphatic hydroxyl groups is 2. The summed E-state index contributed by atoms with van der Waals surface area (Å²) in [7, 11) is 2.06. The quantitative estimate of drug-likeness (QED) is 0.143. The van der Waals surface area contributed by atoms with E-state index in [4.69, 9.17) is 20.4 Å². The average molecular weight is 814 g/mol. The summed E-state index contributed by atoms with van der Waals surface area (Å²) in [6, 6.07) is 18.2. The van der Waals surface area contributed by atoms with E-state index in [1.165, 1.54) is 24.3 Å². The standard InChI is InChI=1S/C38H38F5N3O2.C4H6O6/c1-44-20-18-30(19-21-44)46(23-25-8-10-26(11-9-25)27-12-15-29(16-13-27)38(41,42)43)36(48)24-45-31(22-35(47)32-5-3-7-34(32)45)17-14-28-4-2-6-33(39)37(28)40;5-1(3(7)8)2(6)4(9)10/h2,4,6,8-13,15-16,22,30H,3,5,7,14,17-21,23-24H2,1H3;1-2,5-6H,(H,7,8)(H,9,10). The molecule has 6 rings (SSSR count). The van der Waals surface area contributed by atoms with E-state index in [0.29, 0.717) is 36.2 Å². The SMILES string of the molecule is CN1CCC(N(Cc2ccc(-c3ccc(C(F)(F)F)cc3)cc2)C(=O)Cn2c(CCc3cccc(F)c3F)cc(=O)c3c2CCC3)CC1.O=C(O)C(O)C(O)C(=O)O. The van der Waals surface area contributed by atoms with E-state index in [9.17, 15) is 41.1 Å². The molecule has 1 aliphatic heterocycles. The highest BCUT2D eigenvalue weighted by Gasteiger charge is 2.32. The summed E-state index contributed by atoms with van der Waals surface area (Å²) in [5, 5.41) is 32.5. The molecule has 2 unspecified atom stereocenters. The third-order valence-corrected chi connectivity index (χ3v) is 10.5. The number of rotatable bonds is 12. The van der Waals surface area contributed by atoms with E-state index in [-0.39, 0.29) is 42.3 Å². The minimum Gasteiger partial charge on any atom is -0.479 e. The molecular formula is C42H44F5N3O8. The molecule has 1 aliphatic carbocycles. The van der Waals surface area contributed by atoms with Crippen molar-refractivity contribution in [2.45, 2.75) is 82.5 Å². The first-order valence-corrected chi connectivity index (χ1v) is 18.7. The Morgan fingerprint density at radius 1 is 0.845 bits per heavy atom. The van der Waals surface area contributed by atoms with Crippen LogP contribution in [0.15, 0.2) is 77.6 Å². The van der Waals surface area contributed by atoms with Crippen molar-refractivity contribution in [3.05, 3.63) is 128 Å². The van der Waals surface area contributed by atoms with Crippen molar-refractivity contribution in [3.8, 4) is 11.1 Å². The van der Waals surface area contributed by atoms with Crippen LogP contribution in [0.2, 0.25) is 0 Å². The summed E-state index contributed by atoms with van der Waals surface area (Å²) >= 11 is 0. The summed E-state index contributed by atoms with van der Waals surface area (Å²) in [6.45, 7) is 2.07. The molecule has 1 fully saturated rings. The summed E-state index contributed by atoms with van der Waals surface area (Å²) in [4.78, 5) is 51.1. The number of amides is 1. The molecule has 2 atom stereocenters. The number of hydrogen-bond donors (Lipinski definition) is 4. The molecule has 0 spiro atoms. The Labute approximate surface area is 330 Å². The molecular weight excluding hydrogens is 769 g/mol. The zero-order chi connectivity index (χ0) is 42.3. The maximum Gasteiger partial charge on any atom is 0.416 e. The lowest BCUT2D eigenvalue weighted by molar-refractivity contribution is -0.165. The van der Waals surface area contributed by atoms with Crippen molar-refractivity contribution in [2.24, 2.45) is 0 Å². The number of benzene rings is 3. The molecule has 0 saturated carbocycles. The highest BCUT2D eigenvalue weighted by Crippen LogP contribution is 2.31. The smallest absolute Gasteiger partial charge is 0.416 e. The molecule has 58 heavy (non-hydrogen) atoms. The molecule has 11 nitrogen and oxygen atoms in total. The summed E-state index contributed by atoms with van der Waals surface area (Å²) < 4.78 is 69.4. The first kappa shape index (κ1) is 43.7. The van der Waals surface area contributed by atoms with Gasteiger partial charge in [0.25, 0.3) is 0 Å². The molecule has 3 aromatic carbocycles. The van der Waals surface area contributed by atoms with Gasteiger partial charge in [0.05, 0.1) is 5.56 Å². The number of carbonyl (C=O) groups excluding carboxylic acids is 1. The number of fused-ring (bicyclic) bond motifs is 1. The summed E-state index contributed by atoms with van der Waals surface area (Å²) in [5.41, 5.74) is 3.95. The molecule has 1 saturated heterocycles. The van der Waals surface area contributed by atoms with Gasteiger partial charge in [-0.3, -0.25) is 9.59 Å². The topological polar surface area (TPSA) is 161 Å². The largest absolute Gasteiger partial charge is 0.479 e. The van der Waals surface area contributed by atoms with Gasteiger partial charge in [0.2, 0.25) is 5.91 Å². The molecule has 310 valence electrons. The summed E-state index contributed by atoms with van der Waals surface area (Å²) in [6.07, 6.45) is -4.75. The van der Waals surface area contributed by atoms with Crippen molar-refractivity contribution in [1.29, 1.82) is 0 Å². The number of carboxylic acids is 2. The first-order valence-electron chi connectivity index (χ1n) is 18.7. The Kier molecular flexibility index (Phi) is 14.2. The number of aromatic nitrogens is 1. The molecule has 4 aromatic rings. The Balaban J connectivity index is 0.000000567. The molecule has 0 bridgehead atoms. The van der Waals surface area contributed by atoms with Gasteiger partial charge >= 0.3 is 18.1 Å². The number of hydrogen-bond acceptors (Lipinski definition) is 7. The van der Waals surface area contributed by atoms with E-state index >= 15 is 0 Å². The lowest BCUT2D eigenvalue weighted by Crippen LogP contribution is -2.47. The Bertz CT molecular complexity index is 2130. The van der Waals surface area contributed by atoms with Crippen molar-refractivity contribution >= 4 is 17.8 Å². The zero-order valence-electron chi connectivity index (χ0n) is 31.6. The number of likely N-dealkylation sites (tertiary alicyclic amines) is 1. The Morgan fingerprint density at radius 2 is 1.43 bits per heavy atom. The molecule has 1 aromatic heterocycles. The predicted octanol–water partition coefficient (Wildman–Crippen LogP) is 5.09. The fourth-order valence-electron chi connectivity index (χ4n) is 7.26. The molecule has 4 N–H and O–H groups in total. The lowest BCUT2D eigenvalue weighted by atomic mass is 10.00. The molecule has 0 radical (unpaired) electrons. The second kappa shape index (κ2) is 18.9. The van der Waals surface area contributed by atoms with Gasteiger partial charge in [0.1, 0.15) is 6.54 Å². The van der Waals surface area contributed by atoms with Crippen LogP contribution in [0.4, 0.5) is 22.0 Å². The lowest BCUT2D eigenvalue weighted by Gasteiger charge is -2.38. The fourth-order valence-corrected chi connectivity index (χ4v) is 7.26. The van der Waals surface area contributed by atoms with Gasteiger partial charge in [-0.1, -0.05) is 48.5 Å². The first-order chi connectivity index (χ1) is 27.4. The van der Waals surface area contributed by atoms with Crippen molar-refractivity contribution in [1.82, 2.24) is 14.4 Å². The second-order valence-electron chi connectivity index (χ2n) is 14.5. The van der Waals surface area contributed by atoms with Gasteiger partial charge in [-0.25, -0.2) is 18.4 Å². The van der Waals surface area contributed by atoms with Gasteiger partial charge in [0.15, 0.2) is 29.3 Å². The molecule has 2 aliphatic rings. The molecule has 2 heterocycles. The number of aliphatic hydroxyl groups excluding tert-OH is 2. The minimum absolute atomic E-state index is 0.000518. The van der Waals surface area contributed by atoms with Gasteiger partial charge < -0.3 is 34.8 Å². The van der Waals surface area contributed by atoms with Crippen LogP contribution in [0.3, 0.4) is 0 Å². The van der Waals surface area contributed by atoms with E-state index in [1.54, 1.807) is 6.07 Å².